The van der Waals surface area contributed by atoms with Gasteiger partial charge in [-0.3, -0.25) is 0 Å². The molecule has 84 valence electrons. The molecule has 1 rings (SSSR count). The summed E-state index contributed by atoms with van der Waals surface area (Å²) in [6, 6.07) is 5.38. The van der Waals surface area contributed by atoms with Crippen molar-refractivity contribution < 1.29 is 10.2 Å². The molecule has 0 aromatic heterocycles. The molecule has 4 N–H and O–H groups in total. The summed E-state index contributed by atoms with van der Waals surface area (Å²) in [6.07, 6.45) is -0.286. The van der Waals surface area contributed by atoms with E-state index in [-0.39, 0.29) is 6.61 Å². The number of aryl methyl sites for hydroxylation is 1. The van der Waals surface area contributed by atoms with Crippen LogP contribution in [0.3, 0.4) is 0 Å². The molecule has 15 heavy (non-hydrogen) atoms. The van der Waals surface area contributed by atoms with Crippen LogP contribution < -0.4 is 5.73 Å². The van der Waals surface area contributed by atoms with Crippen molar-refractivity contribution in [2.45, 2.75) is 32.4 Å². The first kappa shape index (κ1) is 12.2. The lowest BCUT2D eigenvalue weighted by Gasteiger charge is -2.20. The molecule has 0 fully saturated rings. The fourth-order valence-electron chi connectivity index (χ4n) is 1.63. The van der Waals surface area contributed by atoms with Gasteiger partial charge in [-0.2, -0.15) is 0 Å². The lowest BCUT2D eigenvalue weighted by molar-refractivity contribution is 0.128. The maximum Gasteiger partial charge on any atom is 0.0944 e. The first-order chi connectivity index (χ1) is 7.07. The van der Waals surface area contributed by atoms with Crippen LogP contribution in [0.5, 0.6) is 0 Å². The second-order valence-corrected chi connectivity index (χ2v) is 3.91. The van der Waals surface area contributed by atoms with Crippen LogP contribution in [0.25, 0.3) is 0 Å². The van der Waals surface area contributed by atoms with E-state index in [9.17, 15) is 5.11 Å². The van der Waals surface area contributed by atoms with Gasteiger partial charge >= 0.3 is 0 Å². The maximum atomic E-state index is 9.99. The van der Waals surface area contributed by atoms with Crippen molar-refractivity contribution in [1.29, 1.82) is 0 Å². The standard InChI is InChI=1S/C12H19NO2/c1-8-4-3-5-10(9(8)2)12(15)11(13)6-7-14/h3-5,11-12,14-15H,6-7,13H2,1-2H3. The van der Waals surface area contributed by atoms with Crippen LogP contribution in [0, 0.1) is 13.8 Å². The highest BCUT2D eigenvalue weighted by molar-refractivity contribution is 5.35. The van der Waals surface area contributed by atoms with E-state index in [0.29, 0.717) is 6.42 Å². The molecular formula is C12H19NO2. The van der Waals surface area contributed by atoms with E-state index < -0.39 is 12.1 Å². The summed E-state index contributed by atoms with van der Waals surface area (Å²) in [4.78, 5) is 0. The zero-order chi connectivity index (χ0) is 11.4. The van der Waals surface area contributed by atoms with Gasteiger partial charge in [-0.15, -0.1) is 0 Å². The number of nitrogens with two attached hydrogens (primary N) is 1. The molecular weight excluding hydrogens is 190 g/mol. The summed E-state index contributed by atoms with van der Waals surface area (Å²) in [5, 5.41) is 18.8. The van der Waals surface area contributed by atoms with E-state index >= 15 is 0 Å². The van der Waals surface area contributed by atoms with Crippen LogP contribution in [0.2, 0.25) is 0 Å². The minimum Gasteiger partial charge on any atom is -0.396 e. The third kappa shape index (κ3) is 2.78. The van der Waals surface area contributed by atoms with Gasteiger partial charge in [-0.1, -0.05) is 18.2 Å². The van der Waals surface area contributed by atoms with E-state index in [2.05, 4.69) is 0 Å². The molecule has 0 aliphatic rings. The van der Waals surface area contributed by atoms with Gasteiger partial charge < -0.3 is 15.9 Å². The molecule has 0 amide bonds. The third-order valence-electron chi connectivity index (χ3n) is 2.83. The largest absolute Gasteiger partial charge is 0.396 e. The van der Waals surface area contributed by atoms with Gasteiger partial charge in [-0.25, -0.2) is 0 Å². The van der Waals surface area contributed by atoms with Crippen LogP contribution in [-0.4, -0.2) is 22.9 Å². The number of aliphatic hydroxyl groups is 2. The molecule has 0 bridgehead atoms. The average molecular weight is 209 g/mol. The summed E-state index contributed by atoms with van der Waals surface area (Å²) in [5.74, 6) is 0. The van der Waals surface area contributed by atoms with Crippen molar-refractivity contribution in [2.24, 2.45) is 5.73 Å². The van der Waals surface area contributed by atoms with Crippen LogP contribution in [0.15, 0.2) is 18.2 Å². The van der Waals surface area contributed by atoms with E-state index in [4.69, 9.17) is 10.8 Å². The van der Waals surface area contributed by atoms with Gasteiger partial charge in [0.25, 0.3) is 0 Å². The highest BCUT2D eigenvalue weighted by atomic mass is 16.3. The van der Waals surface area contributed by atoms with Crippen LogP contribution >= 0.6 is 0 Å². The fourth-order valence-corrected chi connectivity index (χ4v) is 1.63. The molecule has 1 aromatic rings. The predicted molar refractivity (Wildman–Crippen MR) is 60.6 cm³/mol. The van der Waals surface area contributed by atoms with E-state index in [1.165, 1.54) is 0 Å². The highest BCUT2D eigenvalue weighted by Gasteiger charge is 2.18. The van der Waals surface area contributed by atoms with Gasteiger partial charge in [0.1, 0.15) is 0 Å². The minimum atomic E-state index is -0.697. The van der Waals surface area contributed by atoms with Gasteiger partial charge in [-0.05, 0) is 37.0 Å². The molecule has 0 saturated heterocycles. The van der Waals surface area contributed by atoms with Crippen molar-refractivity contribution >= 4 is 0 Å². The highest BCUT2D eigenvalue weighted by Crippen LogP contribution is 2.23. The van der Waals surface area contributed by atoms with Crippen molar-refractivity contribution in [2.75, 3.05) is 6.61 Å². The Balaban J connectivity index is 2.90. The molecule has 3 heteroatoms. The van der Waals surface area contributed by atoms with Crippen molar-refractivity contribution in [3.8, 4) is 0 Å². The lowest BCUT2D eigenvalue weighted by Crippen LogP contribution is -2.29. The van der Waals surface area contributed by atoms with Crippen molar-refractivity contribution in [3.63, 3.8) is 0 Å². The second-order valence-electron chi connectivity index (χ2n) is 3.91. The Labute approximate surface area is 90.5 Å². The van der Waals surface area contributed by atoms with Crippen LogP contribution in [0.4, 0.5) is 0 Å². The van der Waals surface area contributed by atoms with Gasteiger partial charge in [0, 0.05) is 12.6 Å². The quantitative estimate of drug-likeness (QED) is 0.694. The zero-order valence-corrected chi connectivity index (χ0v) is 9.27. The first-order valence-electron chi connectivity index (χ1n) is 5.18. The molecule has 2 unspecified atom stereocenters. The number of benzene rings is 1. The summed E-state index contributed by atoms with van der Waals surface area (Å²) < 4.78 is 0. The molecule has 0 radical (unpaired) electrons. The molecule has 0 aliphatic heterocycles. The summed E-state index contributed by atoms with van der Waals surface area (Å²) >= 11 is 0. The Kier molecular flexibility index (Phi) is 4.27. The SMILES string of the molecule is Cc1cccc(C(O)C(N)CCO)c1C. The molecule has 1 aromatic carbocycles. The normalized spacial score (nSPS) is 15.0. The number of hydrogen-bond acceptors (Lipinski definition) is 3. The van der Waals surface area contributed by atoms with E-state index in [0.717, 1.165) is 16.7 Å². The maximum absolute atomic E-state index is 9.99. The Morgan fingerprint density at radius 2 is 2.00 bits per heavy atom. The summed E-state index contributed by atoms with van der Waals surface area (Å²) in [7, 11) is 0. The third-order valence-corrected chi connectivity index (χ3v) is 2.83. The van der Waals surface area contributed by atoms with E-state index in [1.807, 2.05) is 32.0 Å². The number of hydrogen-bond donors (Lipinski definition) is 3. The summed E-state index contributed by atoms with van der Waals surface area (Å²) in [5.41, 5.74) is 8.84. The van der Waals surface area contributed by atoms with Crippen molar-refractivity contribution in [1.82, 2.24) is 0 Å². The monoisotopic (exact) mass is 209 g/mol. The Morgan fingerprint density at radius 1 is 1.33 bits per heavy atom. The van der Waals surface area contributed by atoms with Crippen LogP contribution in [-0.2, 0) is 0 Å². The van der Waals surface area contributed by atoms with Crippen LogP contribution in [0.1, 0.15) is 29.2 Å². The fraction of sp³-hybridized carbons (Fsp3) is 0.500. The summed E-state index contributed by atoms with van der Waals surface area (Å²) in [6.45, 7) is 3.98. The lowest BCUT2D eigenvalue weighted by atomic mass is 9.94. The Hall–Kier alpha value is -0.900. The van der Waals surface area contributed by atoms with E-state index in [1.54, 1.807) is 0 Å². The predicted octanol–water partition coefficient (Wildman–Crippen LogP) is 1.05. The zero-order valence-electron chi connectivity index (χ0n) is 9.27. The van der Waals surface area contributed by atoms with Gasteiger partial charge in [0.15, 0.2) is 0 Å². The Morgan fingerprint density at radius 3 is 2.60 bits per heavy atom. The molecule has 0 heterocycles. The van der Waals surface area contributed by atoms with Crippen molar-refractivity contribution in [3.05, 3.63) is 34.9 Å². The topological polar surface area (TPSA) is 66.5 Å². The molecule has 2 atom stereocenters. The minimum absolute atomic E-state index is 0.00307. The average Bonchev–Trinajstić information content (AvgIpc) is 2.21. The second kappa shape index (κ2) is 5.26. The molecule has 0 aliphatic carbocycles. The molecule has 0 spiro atoms. The van der Waals surface area contributed by atoms with Gasteiger partial charge in [0.05, 0.1) is 6.10 Å². The molecule has 0 saturated carbocycles. The van der Waals surface area contributed by atoms with Gasteiger partial charge in [0.2, 0.25) is 0 Å². The number of rotatable bonds is 4. The smallest absolute Gasteiger partial charge is 0.0944 e. The number of aliphatic hydroxyl groups excluding tert-OH is 2. The Bertz CT molecular complexity index is 325. The molecule has 3 nitrogen and oxygen atoms in total. The first-order valence-corrected chi connectivity index (χ1v) is 5.18.